The summed E-state index contributed by atoms with van der Waals surface area (Å²) in [6, 6.07) is 10.8. The number of amides is 1. The van der Waals surface area contributed by atoms with Crippen LogP contribution in [0.2, 0.25) is 0 Å². The Labute approximate surface area is 152 Å². The number of phenols is 1. The molecule has 6 heteroatoms. The van der Waals surface area contributed by atoms with Crippen LogP contribution in [0.15, 0.2) is 48.8 Å². The number of carbonyl (C=O) groups excluding carboxylic acids is 1. The van der Waals surface area contributed by atoms with E-state index in [1.165, 1.54) is 0 Å². The number of hydrogen-bond donors (Lipinski definition) is 2. The number of nitrogens with one attached hydrogen (secondary N) is 1. The second-order valence-electron chi connectivity index (χ2n) is 6.42. The highest BCUT2D eigenvalue weighted by molar-refractivity contribution is 5.94. The van der Waals surface area contributed by atoms with Crippen LogP contribution in [0.4, 0.5) is 0 Å². The van der Waals surface area contributed by atoms with Gasteiger partial charge >= 0.3 is 0 Å². The van der Waals surface area contributed by atoms with Crippen molar-refractivity contribution in [1.82, 2.24) is 20.2 Å². The van der Waals surface area contributed by atoms with Gasteiger partial charge in [0.1, 0.15) is 11.3 Å². The van der Waals surface area contributed by atoms with Crippen molar-refractivity contribution in [3.05, 3.63) is 54.4 Å². The lowest BCUT2D eigenvalue weighted by molar-refractivity contribution is 0.0952. The Balaban J connectivity index is 1.72. The van der Waals surface area contributed by atoms with Crippen LogP contribution in [0, 0.1) is 0 Å². The molecule has 3 rings (SSSR count). The molecule has 26 heavy (non-hydrogen) atoms. The molecule has 0 aliphatic heterocycles. The zero-order valence-electron chi connectivity index (χ0n) is 14.9. The van der Waals surface area contributed by atoms with E-state index in [9.17, 15) is 9.90 Å². The summed E-state index contributed by atoms with van der Waals surface area (Å²) in [7, 11) is 4.01. The first-order valence-corrected chi connectivity index (χ1v) is 8.51. The molecule has 134 valence electrons. The third-order valence-electron chi connectivity index (χ3n) is 4.07. The topological polar surface area (TPSA) is 78.4 Å². The minimum absolute atomic E-state index is 0.114. The van der Waals surface area contributed by atoms with Crippen molar-refractivity contribution in [3.8, 4) is 17.0 Å². The van der Waals surface area contributed by atoms with Gasteiger partial charge in [0.2, 0.25) is 0 Å². The third kappa shape index (κ3) is 4.15. The fourth-order valence-electron chi connectivity index (χ4n) is 2.72. The third-order valence-corrected chi connectivity index (χ3v) is 4.07. The highest BCUT2D eigenvalue weighted by atomic mass is 16.3. The molecule has 0 aliphatic carbocycles. The molecule has 0 unspecified atom stereocenters. The van der Waals surface area contributed by atoms with E-state index in [2.05, 4.69) is 20.2 Å². The van der Waals surface area contributed by atoms with Gasteiger partial charge in [0.15, 0.2) is 0 Å². The summed E-state index contributed by atoms with van der Waals surface area (Å²) in [6.45, 7) is 1.56. The number of fused-ring (bicyclic) bond motifs is 1. The lowest BCUT2D eigenvalue weighted by atomic mass is 10.1. The van der Waals surface area contributed by atoms with Crippen LogP contribution in [-0.4, -0.2) is 53.1 Å². The lowest BCUT2D eigenvalue weighted by Crippen LogP contribution is -2.27. The lowest BCUT2D eigenvalue weighted by Gasteiger charge is -2.10. The maximum absolute atomic E-state index is 12.2. The quantitative estimate of drug-likeness (QED) is 0.668. The molecule has 2 N–H and O–H groups in total. The van der Waals surface area contributed by atoms with Gasteiger partial charge in [-0.2, -0.15) is 0 Å². The van der Waals surface area contributed by atoms with Gasteiger partial charge in [-0.1, -0.05) is 6.07 Å². The highest BCUT2D eigenvalue weighted by Crippen LogP contribution is 2.29. The summed E-state index contributed by atoms with van der Waals surface area (Å²) < 4.78 is 0. The molecule has 0 aliphatic rings. The number of hydrogen-bond acceptors (Lipinski definition) is 5. The van der Waals surface area contributed by atoms with Gasteiger partial charge in [0, 0.05) is 29.9 Å². The average Bonchev–Trinajstić information content (AvgIpc) is 2.65. The summed E-state index contributed by atoms with van der Waals surface area (Å²) in [4.78, 5) is 22.8. The first kappa shape index (κ1) is 17.8. The van der Waals surface area contributed by atoms with Crippen molar-refractivity contribution in [2.24, 2.45) is 0 Å². The van der Waals surface area contributed by atoms with Crippen molar-refractivity contribution in [2.75, 3.05) is 27.2 Å². The summed E-state index contributed by atoms with van der Waals surface area (Å²) in [5, 5.41) is 13.9. The Bertz CT molecular complexity index is 907. The largest absolute Gasteiger partial charge is 0.506 e. The van der Waals surface area contributed by atoms with Crippen molar-refractivity contribution < 1.29 is 9.90 Å². The van der Waals surface area contributed by atoms with Crippen LogP contribution in [0.1, 0.15) is 16.8 Å². The molecule has 0 saturated heterocycles. The zero-order valence-corrected chi connectivity index (χ0v) is 14.9. The molecule has 0 spiro atoms. The van der Waals surface area contributed by atoms with Gasteiger partial charge in [-0.3, -0.25) is 14.8 Å². The number of aromatic hydroxyl groups is 1. The van der Waals surface area contributed by atoms with E-state index in [1.54, 1.807) is 30.6 Å². The predicted molar refractivity (Wildman–Crippen MR) is 102 cm³/mol. The Hall–Kier alpha value is -2.99. The summed E-state index contributed by atoms with van der Waals surface area (Å²) >= 11 is 0. The maximum Gasteiger partial charge on any atom is 0.252 e. The number of benzene rings is 1. The zero-order chi connectivity index (χ0) is 18.5. The van der Waals surface area contributed by atoms with E-state index in [4.69, 9.17) is 0 Å². The molecule has 1 amide bonds. The van der Waals surface area contributed by atoms with Gasteiger partial charge in [-0.25, -0.2) is 0 Å². The van der Waals surface area contributed by atoms with Crippen LogP contribution >= 0.6 is 0 Å². The number of nitrogens with zero attached hydrogens (tertiary/aromatic N) is 3. The standard InChI is InChI=1S/C20H22N4O2/c1-24(2)10-4-9-22-20(26)15-6-7-17(23-13-15)16-11-14-5-3-8-21-19(14)18(25)12-16/h3,5-8,11-13,25H,4,9-10H2,1-2H3,(H,22,26). The number of phenolic OH excluding ortho intramolecular Hbond substituents is 1. The van der Waals surface area contributed by atoms with Gasteiger partial charge in [-0.05, 0) is 57.4 Å². The van der Waals surface area contributed by atoms with Crippen LogP contribution in [0.3, 0.4) is 0 Å². The van der Waals surface area contributed by atoms with Gasteiger partial charge in [-0.15, -0.1) is 0 Å². The Morgan fingerprint density at radius 3 is 2.77 bits per heavy atom. The molecule has 6 nitrogen and oxygen atoms in total. The SMILES string of the molecule is CN(C)CCCNC(=O)c1ccc(-c2cc(O)c3ncccc3c2)nc1. The molecule has 0 bridgehead atoms. The van der Waals surface area contributed by atoms with E-state index in [0.717, 1.165) is 23.9 Å². The van der Waals surface area contributed by atoms with E-state index in [1.807, 2.05) is 32.3 Å². The normalized spacial score (nSPS) is 11.0. The summed E-state index contributed by atoms with van der Waals surface area (Å²) in [5.41, 5.74) is 2.55. The maximum atomic E-state index is 12.2. The van der Waals surface area contributed by atoms with Crippen LogP contribution in [-0.2, 0) is 0 Å². The molecule has 0 fully saturated rings. The Morgan fingerprint density at radius 2 is 2.04 bits per heavy atom. The fraction of sp³-hybridized carbons (Fsp3) is 0.250. The molecule has 2 heterocycles. The molecule has 0 radical (unpaired) electrons. The first-order chi connectivity index (χ1) is 12.5. The van der Waals surface area contributed by atoms with Gasteiger partial charge in [0.25, 0.3) is 5.91 Å². The summed E-state index contributed by atoms with van der Waals surface area (Å²) in [6.07, 6.45) is 4.10. The smallest absolute Gasteiger partial charge is 0.252 e. The number of rotatable bonds is 6. The van der Waals surface area contributed by atoms with Crippen LogP contribution in [0.5, 0.6) is 5.75 Å². The molecular weight excluding hydrogens is 328 g/mol. The fourth-order valence-corrected chi connectivity index (χ4v) is 2.72. The molecule has 0 atom stereocenters. The van der Waals surface area contributed by atoms with Crippen molar-refractivity contribution >= 4 is 16.8 Å². The second-order valence-corrected chi connectivity index (χ2v) is 6.42. The van der Waals surface area contributed by atoms with E-state index in [-0.39, 0.29) is 11.7 Å². The Kier molecular flexibility index (Phi) is 5.43. The van der Waals surface area contributed by atoms with Crippen molar-refractivity contribution in [2.45, 2.75) is 6.42 Å². The van der Waals surface area contributed by atoms with Gasteiger partial charge < -0.3 is 15.3 Å². The van der Waals surface area contributed by atoms with E-state index in [0.29, 0.717) is 23.3 Å². The highest BCUT2D eigenvalue weighted by Gasteiger charge is 2.09. The number of carbonyl (C=O) groups is 1. The first-order valence-electron chi connectivity index (χ1n) is 8.51. The van der Waals surface area contributed by atoms with E-state index < -0.39 is 0 Å². The predicted octanol–water partition coefficient (Wildman–Crippen LogP) is 2.68. The molecule has 3 aromatic rings. The van der Waals surface area contributed by atoms with Crippen molar-refractivity contribution in [1.29, 1.82) is 0 Å². The van der Waals surface area contributed by atoms with Crippen molar-refractivity contribution in [3.63, 3.8) is 0 Å². The molecular formula is C20H22N4O2. The summed E-state index contributed by atoms with van der Waals surface area (Å²) in [5.74, 6) is -0.0176. The monoisotopic (exact) mass is 350 g/mol. The second kappa shape index (κ2) is 7.93. The van der Waals surface area contributed by atoms with Gasteiger partial charge in [0.05, 0.1) is 11.3 Å². The minimum atomic E-state index is -0.131. The number of pyridine rings is 2. The number of aromatic nitrogens is 2. The average molecular weight is 350 g/mol. The van der Waals surface area contributed by atoms with E-state index >= 15 is 0 Å². The van der Waals surface area contributed by atoms with Crippen LogP contribution in [0.25, 0.3) is 22.2 Å². The molecule has 2 aromatic heterocycles. The molecule has 1 aromatic carbocycles. The minimum Gasteiger partial charge on any atom is -0.506 e. The van der Waals surface area contributed by atoms with Crippen LogP contribution < -0.4 is 5.32 Å². The Morgan fingerprint density at radius 1 is 1.19 bits per heavy atom. The molecule has 0 saturated carbocycles.